The standard InChI is InChI=1S/C23H29FN2O5S/c24-19-9-8-18(14-20(19)31-15-16-5-6-16)32(29,30)26-23(12-13-23)11-3-1-2-4-17-7-10-21(27)25-22(17)28/h3,8-9,11,14,16-17,26H,1-2,4-7,10,12-13,15H2,(H,25,27,28). The van der Waals surface area contributed by atoms with Gasteiger partial charge in [-0.3, -0.25) is 14.9 Å². The van der Waals surface area contributed by atoms with E-state index < -0.39 is 21.4 Å². The van der Waals surface area contributed by atoms with Gasteiger partial charge in [-0.15, -0.1) is 0 Å². The summed E-state index contributed by atoms with van der Waals surface area (Å²) < 4.78 is 47.9. The molecule has 7 nitrogen and oxygen atoms in total. The third kappa shape index (κ3) is 5.95. The summed E-state index contributed by atoms with van der Waals surface area (Å²) in [4.78, 5) is 23.0. The van der Waals surface area contributed by atoms with E-state index in [1.165, 1.54) is 12.1 Å². The number of unbranched alkanes of at least 4 members (excludes halogenated alkanes) is 1. The molecule has 2 N–H and O–H groups in total. The highest BCUT2D eigenvalue weighted by molar-refractivity contribution is 7.89. The number of piperidine rings is 1. The molecule has 1 heterocycles. The van der Waals surface area contributed by atoms with Crippen LogP contribution in [0.15, 0.2) is 35.2 Å². The van der Waals surface area contributed by atoms with Gasteiger partial charge in [-0.1, -0.05) is 12.2 Å². The molecule has 3 fully saturated rings. The van der Waals surface area contributed by atoms with Crippen molar-refractivity contribution in [3.05, 3.63) is 36.2 Å². The second-order valence-electron chi connectivity index (χ2n) is 9.09. The van der Waals surface area contributed by atoms with Crippen LogP contribution in [-0.4, -0.2) is 32.4 Å². The summed E-state index contributed by atoms with van der Waals surface area (Å²) >= 11 is 0. The van der Waals surface area contributed by atoms with E-state index in [9.17, 15) is 22.4 Å². The average Bonchev–Trinajstić information content (AvgIpc) is 3.66. The Labute approximate surface area is 187 Å². The van der Waals surface area contributed by atoms with Crippen LogP contribution in [0.2, 0.25) is 0 Å². The molecule has 9 heteroatoms. The van der Waals surface area contributed by atoms with Gasteiger partial charge in [-0.25, -0.2) is 17.5 Å². The van der Waals surface area contributed by atoms with E-state index in [0.717, 1.165) is 31.7 Å². The summed E-state index contributed by atoms with van der Waals surface area (Å²) in [6, 6.07) is 3.63. The number of hydrogen-bond donors (Lipinski definition) is 2. The molecule has 1 aromatic carbocycles. The number of rotatable bonds is 11. The average molecular weight is 465 g/mol. The Kier molecular flexibility index (Phi) is 6.67. The van der Waals surface area contributed by atoms with Gasteiger partial charge in [-0.05, 0) is 69.4 Å². The maximum atomic E-state index is 14.0. The molecule has 4 rings (SSSR count). The molecule has 2 amide bonds. The summed E-state index contributed by atoms with van der Waals surface area (Å²) in [5.74, 6) is -0.713. The zero-order valence-electron chi connectivity index (χ0n) is 17.9. The van der Waals surface area contributed by atoms with Gasteiger partial charge in [0.25, 0.3) is 0 Å². The molecule has 1 atom stereocenters. The molecule has 0 radical (unpaired) electrons. The maximum absolute atomic E-state index is 14.0. The minimum atomic E-state index is -3.82. The molecule has 32 heavy (non-hydrogen) atoms. The van der Waals surface area contributed by atoms with Crippen LogP contribution >= 0.6 is 0 Å². The Morgan fingerprint density at radius 3 is 2.69 bits per heavy atom. The van der Waals surface area contributed by atoms with E-state index in [-0.39, 0.29) is 28.4 Å². The molecule has 3 aliphatic rings. The van der Waals surface area contributed by atoms with E-state index in [4.69, 9.17) is 4.74 Å². The van der Waals surface area contributed by atoms with E-state index >= 15 is 0 Å². The fourth-order valence-electron chi connectivity index (χ4n) is 3.82. The monoisotopic (exact) mass is 464 g/mol. The minimum absolute atomic E-state index is 0.0118. The summed E-state index contributed by atoms with van der Waals surface area (Å²) in [6.45, 7) is 0.402. The fraction of sp³-hybridized carbons (Fsp3) is 0.565. The topological polar surface area (TPSA) is 102 Å². The summed E-state index contributed by atoms with van der Waals surface area (Å²) in [6.07, 6.45) is 10.5. The molecular formula is C23H29FN2O5S. The summed E-state index contributed by atoms with van der Waals surface area (Å²) in [5, 5.41) is 2.36. The Hall–Kier alpha value is -2.26. The van der Waals surface area contributed by atoms with E-state index in [1.807, 2.05) is 12.2 Å². The van der Waals surface area contributed by atoms with Gasteiger partial charge in [0.15, 0.2) is 11.6 Å². The van der Waals surface area contributed by atoms with Gasteiger partial charge in [0, 0.05) is 18.4 Å². The summed E-state index contributed by atoms with van der Waals surface area (Å²) in [5.41, 5.74) is -0.614. The molecule has 0 aromatic heterocycles. The van der Waals surface area contributed by atoms with Crippen LogP contribution < -0.4 is 14.8 Å². The number of carbonyl (C=O) groups excluding carboxylic acids is 2. The van der Waals surface area contributed by atoms with Crippen molar-refractivity contribution < 1.29 is 27.1 Å². The van der Waals surface area contributed by atoms with Crippen LogP contribution in [-0.2, 0) is 19.6 Å². The Balaban J connectivity index is 1.29. The minimum Gasteiger partial charge on any atom is -0.490 e. The van der Waals surface area contributed by atoms with E-state index in [2.05, 4.69) is 10.0 Å². The number of benzene rings is 1. The second-order valence-corrected chi connectivity index (χ2v) is 10.8. The first kappa shape index (κ1) is 22.9. The number of allylic oxidation sites excluding steroid dienone is 1. The van der Waals surface area contributed by atoms with Crippen molar-refractivity contribution in [3.63, 3.8) is 0 Å². The van der Waals surface area contributed by atoms with Crippen molar-refractivity contribution in [2.24, 2.45) is 11.8 Å². The second kappa shape index (κ2) is 9.31. The number of nitrogens with one attached hydrogen (secondary N) is 2. The van der Waals surface area contributed by atoms with Crippen LogP contribution in [0.25, 0.3) is 0 Å². The van der Waals surface area contributed by atoms with Gasteiger partial charge < -0.3 is 4.74 Å². The SMILES string of the molecule is O=C1CCC(CCCC=CC2(NS(=O)(=O)c3ccc(F)c(OCC4CC4)c3)CC2)C(=O)N1. The lowest BCUT2D eigenvalue weighted by Gasteiger charge is -2.20. The van der Waals surface area contributed by atoms with Gasteiger partial charge in [0.05, 0.1) is 17.0 Å². The fourth-order valence-corrected chi connectivity index (χ4v) is 5.26. The third-order valence-corrected chi connectivity index (χ3v) is 7.77. The largest absolute Gasteiger partial charge is 0.490 e. The number of halogens is 1. The van der Waals surface area contributed by atoms with E-state index in [1.54, 1.807) is 0 Å². The predicted molar refractivity (Wildman–Crippen MR) is 116 cm³/mol. The number of amides is 2. The lowest BCUT2D eigenvalue weighted by atomic mass is 9.93. The lowest BCUT2D eigenvalue weighted by Crippen LogP contribution is -2.40. The Morgan fingerprint density at radius 1 is 1.22 bits per heavy atom. The van der Waals surface area contributed by atoms with Crippen LogP contribution in [0.3, 0.4) is 0 Å². The quantitative estimate of drug-likeness (QED) is 0.298. The van der Waals surface area contributed by atoms with Crippen molar-refractivity contribution in [2.75, 3.05) is 6.61 Å². The van der Waals surface area contributed by atoms with Crippen LogP contribution in [0.5, 0.6) is 5.75 Å². The molecule has 1 saturated heterocycles. The van der Waals surface area contributed by atoms with Crippen molar-refractivity contribution in [2.45, 2.75) is 68.2 Å². The van der Waals surface area contributed by atoms with Gasteiger partial charge in [0.2, 0.25) is 21.8 Å². The van der Waals surface area contributed by atoms with Crippen molar-refractivity contribution >= 4 is 21.8 Å². The molecule has 1 aromatic rings. The van der Waals surface area contributed by atoms with Gasteiger partial charge in [0.1, 0.15) is 0 Å². The zero-order valence-corrected chi connectivity index (χ0v) is 18.8. The smallest absolute Gasteiger partial charge is 0.241 e. The molecule has 0 bridgehead atoms. The molecule has 1 aliphatic heterocycles. The molecule has 2 saturated carbocycles. The number of imide groups is 1. The first-order chi connectivity index (χ1) is 15.3. The number of hydrogen-bond acceptors (Lipinski definition) is 5. The first-order valence-corrected chi connectivity index (χ1v) is 12.7. The highest BCUT2D eigenvalue weighted by Gasteiger charge is 2.43. The van der Waals surface area contributed by atoms with Crippen molar-refractivity contribution in [1.29, 1.82) is 0 Å². The first-order valence-electron chi connectivity index (χ1n) is 11.2. The number of sulfonamides is 1. The number of ether oxygens (including phenoxy) is 1. The van der Waals surface area contributed by atoms with Crippen molar-refractivity contribution in [3.8, 4) is 5.75 Å². The maximum Gasteiger partial charge on any atom is 0.241 e. The van der Waals surface area contributed by atoms with Crippen LogP contribution in [0.4, 0.5) is 4.39 Å². The molecule has 0 spiro atoms. The van der Waals surface area contributed by atoms with Crippen molar-refractivity contribution in [1.82, 2.24) is 10.0 Å². The predicted octanol–water partition coefficient (Wildman–Crippen LogP) is 3.20. The Bertz CT molecular complexity index is 1020. The normalized spacial score (nSPS) is 22.7. The molecule has 1 unspecified atom stereocenters. The third-order valence-electron chi connectivity index (χ3n) is 6.22. The van der Waals surface area contributed by atoms with Crippen LogP contribution in [0, 0.1) is 17.7 Å². The zero-order chi connectivity index (χ0) is 22.8. The summed E-state index contributed by atoms with van der Waals surface area (Å²) in [7, 11) is -3.82. The van der Waals surface area contributed by atoms with E-state index in [0.29, 0.717) is 44.6 Å². The molecular weight excluding hydrogens is 435 g/mol. The number of carbonyl (C=O) groups is 2. The van der Waals surface area contributed by atoms with Gasteiger partial charge >= 0.3 is 0 Å². The van der Waals surface area contributed by atoms with Gasteiger partial charge in [-0.2, -0.15) is 0 Å². The lowest BCUT2D eigenvalue weighted by molar-refractivity contribution is -0.136. The van der Waals surface area contributed by atoms with Crippen LogP contribution in [0.1, 0.15) is 57.8 Å². The highest BCUT2D eigenvalue weighted by atomic mass is 32.2. The highest BCUT2D eigenvalue weighted by Crippen LogP contribution is 2.39. The molecule has 2 aliphatic carbocycles. The Morgan fingerprint density at radius 2 is 2.00 bits per heavy atom. The molecule has 174 valence electrons.